The van der Waals surface area contributed by atoms with E-state index in [0.717, 1.165) is 4.68 Å². The quantitative estimate of drug-likeness (QED) is 0.796. The predicted molar refractivity (Wildman–Crippen MR) is 76.6 cm³/mol. The molecule has 114 valence electrons. The maximum atomic E-state index is 12.2. The summed E-state index contributed by atoms with van der Waals surface area (Å²) < 4.78 is 11.3. The van der Waals surface area contributed by atoms with Gasteiger partial charge in [-0.15, -0.1) is 0 Å². The second kappa shape index (κ2) is 5.85. The van der Waals surface area contributed by atoms with Crippen LogP contribution in [0.25, 0.3) is 0 Å². The number of nitriles is 1. The molecule has 0 amide bonds. The van der Waals surface area contributed by atoms with Crippen LogP contribution in [0, 0.1) is 32.1 Å². The number of hydrogen-bond donors (Lipinski definition) is 0. The first-order chi connectivity index (χ1) is 10.4. The van der Waals surface area contributed by atoms with Crippen molar-refractivity contribution in [2.45, 2.75) is 27.3 Å². The van der Waals surface area contributed by atoms with Gasteiger partial charge in [-0.1, -0.05) is 0 Å². The molecule has 22 heavy (non-hydrogen) atoms. The van der Waals surface area contributed by atoms with Gasteiger partial charge in [0.05, 0.1) is 12.8 Å². The van der Waals surface area contributed by atoms with Gasteiger partial charge in [-0.3, -0.25) is 4.79 Å². The van der Waals surface area contributed by atoms with Crippen LogP contribution >= 0.6 is 0 Å². The van der Waals surface area contributed by atoms with Gasteiger partial charge in [0, 0.05) is 0 Å². The molecular weight excluding hydrogens is 286 g/mol. The van der Waals surface area contributed by atoms with E-state index < -0.39 is 11.5 Å². The molecule has 2 aromatic heterocycles. The van der Waals surface area contributed by atoms with Crippen LogP contribution in [0.4, 0.5) is 0 Å². The lowest BCUT2D eigenvalue weighted by Gasteiger charge is -2.07. The predicted octanol–water partition coefficient (Wildman–Crippen LogP) is 1.47. The molecule has 0 atom stereocenters. The molecule has 0 spiro atoms. The SMILES string of the molecule is COC(=O)c1cc(Cn2nc(C)c(C)c(C#N)c2=O)oc1C. The number of aromatic nitrogens is 2. The molecule has 0 aromatic carbocycles. The van der Waals surface area contributed by atoms with E-state index in [4.69, 9.17) is 9.68 Å². The maximum absolute atomic E-state index is 12.2. The van der Waals surface area contributed by atoms with Gasteiger partial charge < -0.3 is 9.15 Å². The van der Waals surface area contributed by atoms with E-state index in [1.54, 1.807) is 20.8 Å². The molecule has 0 aliphatic heterocycles. The molecule has 2 heterocycles. The largest absolute Gasteiger partial charge is 0.465 e. The topological polar surface area (TPSA) is 98.1 Å². The van der Waals surface area contributed by atoms with Crippen molar-refractivity contribution in [2.24, 2.45) is 0 Å². The van der Waals surface area contributed by atoms with Gasteiger partial charge in [0.2, 0.25) is 0 Å². The molecule has 0 fully saturated rings. The van der Waals surface area contributed by atoms with Gasteiger partial charge in [-0.2, -0.15) is 10.4 Å². The highest BCUT2D eigenvalue weighted by molar-refractivity contribution is 5.90. The van der Waals surface area contributed by atoms with Crippen LogP contribution in [0.15, 0.2) is 15.3 Å². The first-order valence-corrected chi connectivity index (χ1v) is 6.55. The number of aryl methyl sites for hydroxylation is 2. The minimum Gasteiger partial charge on any atom is -0.465 e. The third kappa shape index (κ3) is 2.63. The Morgan fingerprint density at radius 1 is 1.45 bits per heavy atom. The Balaban J connectivity index is 2.45. The van der Waals surface area contributed by atoms with Crippen LogP contribution in [0.1, 0.15) is 38.7 Å². The smallest absolute Gasteiger partial charge is 0.341 e. The van der Waals surface area contributed by atoms with Gasteiger partial charge in [-0.25, -0.2) is 9.48 Å². The summed E-state index contributed by atoms with van der Waals surface area (Å²) in [5.41, 5.74) is 1.03. The average molecular weight is 301 g/mol. The summed E-state index contributed by atoms with van der Waals surface area (Å²) in [6.07, 6.45) is 0. The fourth-order valence-electron chi connectivity index (χ4n) is 2.09. The van der Waals surface area contributed by atoms with E-state index in [9.17, 15) is 9.59 Å². The van der Waals surface area contributed by atoms with Crippen LogP contribution < -0.4 is 5.56 Å². The van der Waals surface area contributed by atoms with Crippen LogP contribution in [-0.4, -0.2) is 22.9 Å². The zero-order valence-corrected chi connectivity index (χ0v) is 12.8. The lowest BCUT2D eigenvalue weighted by Crippen LogP contribution is -2.27. The number of nitrogens with zero attached hydrogens (tertiary/aromatic N) is 3. The van der Waals surface area contributed by atoms with Crippen molar-refractivity contribution in [1.82, 2.24) is 9.78 Å². The normalized spacial score (nSPS) is 10.3. The number of carbonyl (C=O) groups is 1. The second-order valence-electron chi connectivity index (χ2n) is 4.83. The van der Waals surface area contributed by atoms with E-state index in [1.165, 1.54) is 13.2 Å². The van der Waals surface area contributed by atoms with Gasteiger partial charge in [0.15, 0.2) is 0 Å². The first kappa shape index (κ1) is 15.5. The molecule has 7 heteroatoms. The molecule has 0 N–H and O–H groups in total. The number of rotatable bonds is 3. The summed E-state index contributed by atoms with van der Waals surface area (Å²) in [5, 5.41) is 13.2. The van der Waals surface area contributed by atoms with Crippen molar-refractivity contribution in [1.29, 1.82) is 5.26 Å². The van der Waals surface area contributed by atoms with Crippen molar-refractivity contribution in [3.8, 4) is 6.07 Å². The minimum atomic E-state index is -0.509. The Morgan fingerprint density at radius 2 is 2.14 bits per heavy atom. The standard InChI is InChI=1S/C15H15N3O4/c1-8-9(2)17-18(14(19)13(8)6-16)7-11-5-12(10(3)22-11)15(20)21-4/h5H,7H2,1-4H3. The summed E-state index contributed by atoms with van der Waals surface area (Å²) in [5.74, 6) is 0.282. The van der Waals surface area contributed by atoms with Crippen LogP contribution in [0.3, 0.4) is 0 Å². The monoisotopic (exact) mass is 301 g/mol. The molecule has 0 bridgehead atoms. The van der Waals surface area contributed by atoms with Crippen LogP contribution in [-0.2, 0) is 11.3 Å². The summed E-state index contributed by atoms with van der Waals surface area (Å²) in [7, 11) is 1.28. The third-order valence-corrected chi connectivity index (χ3v) is 3.43. The van der Waals surface area contributed by atoms with Crippen molar-refractivity contribution < 1.29 is 13.9 Å². The van der Waals surface area contributed by atoms with Crippen LogP contribution in [0.2, 0.25) is 0 Å². The number of hydrogen-bond acceptors (Lipinski definition) is 6. The van der Waals surface area contributed by atoms with Gasteiger partial charge in [0.1, 0.15) is 35.3 Å². The van der Waals surface area contributed by atoms with Crippen molar-refractivity contribution in [3.05, 3.63) is 50.3 Å². The fourth-order valence-corrected chi connectivity index (χ4v) is 2.09. The van der Waals surface area contributed by atoms with Gasteiger partial charge in [0.25, 0.3) is 5.56 Å². The number of carbonyl (C=O) groups excluding carboxylic acids is 1. The molecule has 7 nitrogen and oxygen atoms in total. The highest BCUT2D eigenvalue weighted by Gasteiger charge is 2.17. The number of esters is 1. The van der Waals surface area contributed by atoms with E-state index in [1.807, 2.05) is 6.07 Å². The maximum Gasteiger partial charge on any atom is 0.341 e. The van der Waals surface area contributed by atoms with Crippen molar-refractivity contribution >= 4 is 5.97 Å². The minimum absolute atomic E-state index is 0.0342. The Labute approximate surface area is 126 Å². The molecule has 0 aliphatic rings. The highest BCUT2D eigenvalue weighted by atomic mass is 16.5. The van der Waals surface area contributed by atoms with Crippen LogP contribution in [0.5, 0.6) is 0 Å². The van der Waals surface area contributed by atoms with Gasteiger partial charge in [-0.05, 0) is 32.4 Å². The van der Waals surface area contributed by atoms with Crippen molar-refractivity contribution in [3.63, 3.8) is 0 Å². The zero-order chi connectivity index (χ0) is 16.4. The lowest BCUT2D eigenvalue weighted by molar-refractivity contribution is 0.0599. The summed E-state index contributed by atoms with van der Waals surface area (Å²) in [6, 6.07) is 3.41. The number of furan rings is 1. The molecule has 0 radical (unpaired) electrons. The Hall–Kier alpha value is -2.88. The highest BCUT2D eigenvalue weighted by Crippen LogP contribution is 2.16. The van der Waals surface area contributed by atoms with E-state index in [2.05, 4.69) is 9.84 Å². The average Bonchev–Trinajstić information content (AvgIpc) is 2.85. The second-order valence-corrected chi connectivity index (χ2v) is 4.83. The Bertz CT molecular complexity index is 840. The number of methoxy groups -OCH3 is 1. The molecule has 0 saturated heterocycles. The third-order valence-electron chi connectivity index (χ3n) is 3.43. The van der Waals surface area contributed by atoms with E-state index in [-0.39, 0.29) is 12.1 Å². The van der Waals surface area contributed by atoms with E-state index >= 15 is 0 Å². The molecule has 0 unspecified atom stereocenters. The fraction of sp³-hybridized carbons (Fsp3) is 0.333. The first-order valence-electron chi connectivity index (χ1n) is 6.55. The molecule has 0 aliphatic carbocycles. The molecule has 0 saturated carbocycles. The molecule has 2 aromatic rings. The zero-order valence-electron chi connectivity index (χ0n) is 12.8. The number of ether oxygens (including phenoxy) is 1. The van der Waals surface area contributed by atoms with Crippen molar-refractivity contribution in [2.75, 3.05) is 7.11 Å². The summed E-state index contributed by atoms with van der Waals surface area (Å²) >= 11 is 0. The Morgan fingerprint density at radius 3 is 2.73 bits per heavy atom. The lowest BCUT2D eigenvalue weighted by atomic mass is 10.1. The Kier molecular flexibility index (Phi) is 4.13. The molecule has 2 rings (SSSR count). The summed E-state index contributed by atoms with van der Waals surface area (Å²) in [4.78, 5) is 23.8. The molecular formula is C15H15N3O4. The summed E-state index contributed by atoms with van der Waals surface area (Å²) in [6.45, 7) is 5.07. The van der Waals surface area contributed by atoms with Gasteiger partial charge >= 0.3 is 5.97 Å². The van der Waals surface area contributed by atoms with E-state index in [0.29, 0.717) is 28.3 Å².